The Morgan fingerprint density at radius 1 is 1.25 bits per heavy atom. The number of carbonyl (C=O) groups excluding carboxylic acids is 1. The molecule has 1 aromatic carbocycles. The third-order valence-corrected chi connectivity index (χ3v) is 6.49. The van der Waals surface area contributed by atoms with Gasteiger partial charge in [-0.2, -0.15) is 18.3 Å². The molecule has 0 aliphatic carbocycles. The highest BCUT2D eigenvalue weighted by atomic mass is 35.5. The van der Waals surface area contributed by atoms with Crippen LogP contribution in [0.5, 0.6) is 5.75 Å². The van der Waals surface area contributed by atoms with E-state index in [1.54, 1.807) is 17.5 Å². The number of fused-ring (bicyclic) bond motifs is 3. The van der Waals surface area contributed by atoms with Crippen molar-refractivity contribution in [3.63, 3.8) is 0 Å². The Morgan fingerprint density at radius 2 is 2.03 bits per heavy atom. The van der Waals surface area contributed by atoms with Crippen LogP contribution >= 0.6 is 34.5 Å². The molecule has 1 aliphatic heterocycles. The van der Waals surface area contributed by atoms with Gasteiger partial charge in [0.05, 0.1) is 17.6 Å². The van der Waals surface area contributed by atoms with Crippen molar-refractivity contribution >= 4 is 51.5 Å². The van der Waals surface area contributed by atoms with Gasteiger partial charge in [0.1, 0.15) is 16.9 Å². The summed E-state index contributed by atoms with van der Waals surface area (Å²) in [5.74, 6) is -3.09. The van der Waals surface area contributed by atoms with E-state index in [-0.39, 0.29) is 16.3 Å². The molecule has 0 saturated carbocycles. The molecule has 0 fully saturated rings. The Morgan fingerprint density at radius 3 is 2.72 bits per heavy atom. The summed E-state index contributed by atoms with van der Waals surface area (Å²) in [5, 5.41) is 4.70. The minimum Gasteiger partial charge on any atom is -0.479 e. The molecule has 0 N–H and O–H groups in total. The first kappa shape index (κ1) is 24.4. The number of alkyl halides is 3. The van der Waals surface area contributed by atoms with E-state index in [2.05, 4.69) is 20.1 Å². The fourth-order valence-corrected chi connectivity index (χ4v) is 4.77. The molecule has 0 radical (unpaired) electrons. The predicted molar refractivity (Wildman–Crippen MR) is 122 cm³/mol. The lowest BCUT2D eigenvalue weighted by Crippen LogP contribution is -2.37. The monoisotopic (exact) mass is 558 g/mol. The smallest absolute Gasteiger partial charge is 0.451 e. The summed E-state index contributed by atoms with van der Waals surface area (Å²) in [5.41, 5.74) is 1.07. The average molecular weight is 559 g/mol. The summed E-state index contributed by atoms with van der Waals surface area (Å²) in [4.78, 5) is 25.9. The van der Waals surface area contributed by atoms with Crippen molar-refractivity contribution < 1.29 is 27.1 Å². The van der Waals surface area contributed by atoms with Crippen LogP contribution in [0, 0.1) is 12.7 Å². The average Bonchev–Trinajstić information content (AvgIpc) is 3.32. The summed E-state index contributed by atoms with van der Waals surface area (Å²) < 4.78 is 60.3. The van der Waals surface area contributed by atoms with Crippen LogP contribution in [0.25, 0.3) is 11.0 Å². The van der Waals surface area contributed by atoms with Gasteiger partial charge in [-0.1, -0.05) is 40.6 Å². The van der Waals surface area contributed by atoms with Gasteiger partial charge in [-0.15, -0.1) is 0 Å². The highest BCUT2D eigenvalue weighted by molar-refractivity contribution is 7.16. The maximum Gasteiger partial charge on any atom is 0.451 e. The number of hydrogen-bond acceptors (Lipinski definition) is 7. The zero-order valence-corrected chi connectivity index (χ0v) is 20.3. The molecule has 36 heavy (non-hydrogen) atoms. The quantitative estimate of drug-likeness (QED) is 0.248. The van der Waals surface area contributed by atoms with E-state index in [1.165, 1.54) is 34.6 Å². The van der Waals surface area contributed by atoms with Gasteiger partial charge in [-0.3, -0.25) is 4.79 Å². The van der Waals surface area contributed by atoms with Gasteiger partial charge >= 0.3 is 6.18 Å². The van der Waals surface area contributed by atoms with Crippen LogP contribution in [0.4, 0.5) is 17.6 Å². The van der Waals surface area contributed by atoms with Crippen LogP contribution in [-0.2, 0) is 11.0 Å². The van der Waals surface area contributed by atoms with Gasteiger partial charge in [0.25, 0.3) is 5.91 Å². The molecule has 3 aromatic heterocycles. The first-order chi connectivity index (χ1) is 17.0. The van der Waals surface area contributed by atoms with Crippen LogP contribution in [0.1, 0.15) is 33.8 Å². The Balaban J connectivity index is 1.49. The van der Waals surface area contributed by atoms with E-state index >= 15 is 4.39 Å². The van der Waals surface area contributed by atoms with E-state index in [0.717, 1.165) is 12.3 Å². The molecular weight excluding hydrogens is 547 g/mol. The van der Waals surface area contributed by atoms with Gasteiger partial charge in [-0.25, -0.2) is 23.9 Å². The second-order valence-electron chi connectivity index (χ2n) is 7.52. The molecular formula is C21H12Cl2F4N6O2S. The highest BCUT2D eigenvalue weighted by Crippen LogP contribution is 2.39. The lowest BCUT2D eigenvalue weighted by atomic mass is 9.97. The zero-order valence-electron chi connectivity index (χ0n) is 17.9. The van der Waals surface area contributed by atoms with Crippen molar-refractivity contribution in [2.75, 3.05) is 6.61 Å². The Hall–Kier alpha value is -3.29. The van der Waals surface area contributed by atoms with Crippen molar-refractivity contribution in [2.24, 2.45) is 0 Å². The number of benzene rings is 1. The summed E-state index contributed by atoms with van der Waals surface area (Å²) in [6, 6.07) is 3.07. The van der Waals surface area contributed by atoms with Crippen molar-refractivity contribution in [2.45, 2.75) is 19.1 Å². The van der Waals surface area contributed by atoms with Crippen LogP contribution in [0.3, 0.4) is 0 Å². The second-order valence-corrected chi connectivity index (χ2v) is 9.47. The fraction of sp³-hybridized carbons (Fsp3) is 0.190. The van der Waals surface area contributed by atoms with E-state index in [1.807, 2.05) is 0 Å². The van der Waals surface area contributed by atoms with Gasteiger partial charge in [0.15, 0.2) is 17.5 Å². The number of aromatic nitrogens is 5. The number of hydrogen-bond donors (Lipinski definition) is 0. The summed E-state index contributed by atoms with van der Waals surface area (Å²) in [7, 11) is 0. The molecule has 1 unspecified atom stereocenters. The molecule has 1 aliphatic rings. The van der Waals surface area contributed by atoms with E-state index in [9.17, 15) is 18.0 Å². The molecule has 8 nitrogen and oxygen atoms in total. The summed E-state index contributed by atoms with van der Waals surface area (Å²) >= 11 is 13.0. The Labute approximate surface area is 213 Å². The van der Waals surface area contributed by atoms with Gasteiger partial charge in [0, 0.05) is 16.8 Å². The van der Waals surface area contributed by atoms with E-state index in [4.69, 9.17) is 27.9 Å². The third-order valence-electron chi connectivity index (χ3n) is 5.16. The normalized spacial score (nSPS) is 15.4. The number of carbonyl (C=O) groups is 1. The second kappa shape index (κ2) is 8.98. The summed E-state index contributed by atoms with van der Waals surface area (Å²) in [6.07, 6.45) is -1.08. The zero-order chi connectivity index (χ0) is 25.8. The molecule has 15 heteroatoms. The third kappa shape index (κ3) is 4.38. The molecule has 186 valence electrons. The lowest BCUT2D eigenvalue weighted by molar-refractivity contribution is -0.145. The predicted octanol–water partition coefficient (Wildman–Crippen LogP) is 5.34. The fourth-order valence-electron chi connectivity index (χ4n) is 3.67. The van der Waals surface area contributed by atoms with Crippen molar-refractivity contribution in [3.05, 3.63) is 74.4 Å². The van der Waals surface area contributed by atoms with Crippen molar-refractivity contribution in [1.29, 1.82) is 0 Å². The number of aryl methyl sites for hydroxylation is 1. The van der Waals surface area contributed by atoms with Crippen LogP contribution in [0.2, 0.25) is 10.2 Å². The molecule has 0 bridgehead atoms. The summed E-state index contributed by atoms with van der Waals surface area (Å²) in [6.45, 7) is 1.13. The SMILES string of the molecule is Cc1nn2c3c(nc2s1)C=CN(C(=O)COc1cnc(C(F)(F)F)nc1Cl)C3c1ccc(Cl)cc1F. The molecule has 5 rings (SSSR count). The lowest BCUT2D eigenvalue weighted by Gasteiger charge is -2.31. The minimum atomic E-state index is -4.80. The maximum absolute atomic E-state index is 15.1. The van der Waals surface area contributed by atoms with Gasteiger partial charge in [-0.05, 0) is 25.1 Å². The maximum atomic E-state index is 15.1. The number of amides is 1. The molecule has 4 aromatic rings. The van der Waals surface area contributed by atoms with Crippen LogP contribution in [-0.4, -0.2) is 42.0 Å². The number of imidazole rings is 1. The molecule has 1 amide bonds. The minimum absolute atomic E-state index is 0.127. The van der Waals surface area contributed by atoms with Gasteiger partial charge in [0.2, 0.25) is 10.8 Å². The Bertz CT molecular complexity index is 1540. The van der Waals surface area contributed by atoms with E-state index < -0.39 is 41.5 Å². The Kier molecular flexibility index (Phi) is 6.09. The largest absolute Gasteiger partial charge is 0.479 e. The first-order valence-electron chi connectivity index (χ1n) is 10.1. The standard InChI is InChI=1S/C21H12Cl2F4N6O2S/c1-9-31-33-17-13(29-20(33)36-9)4-5-32(16(17)11-3-2-10(22)6-12(11)24)15(34)8-35-14-7-28-19(21(25,26)27)30-18(14)23/h2-7,16H,8H2,1H3. The van der Waals surface area contributed by atoms with Crippen LogP contribution < -0.4 is 4.74 Å². The molecule has 1 atom stereocenters. The molecule has 4 heterocycles. The first-order valence-corrected chi connectivity index (χ1v) is 11.6. The number of halogens is 6. The molecule has 0 spiro atoms. The molecule has 0 saturated heterocycles. The number of ether oxygens (including phenoxy) is 1. The van der Waals surface area contributed by atoms with E-state index in [0.29, 0.717) is 21.4 Å². The van der Waals surface area contributed by atoms with Crippen molar-refractivity contribution in [3.8, 4) is 5.75 Å². The number of nitrogens with zero attached hydrogens (tertiary/aromatic N) is 6. The van der Waals surface area contributed by atoms with Gasteiger partial charge < -0.3 is 9.64 Å². The highest BCUT2D eigenvalue weighted by Gasteiger charge is 2.37. The number of rotatable bonds is 4. The van der Waals surface area contributed by atoms with Crippen molar-refractivity contribution in [1.82, 2.24) is 29.5 Å². The van der Waals surface area contributed by atoms with Crippen LogP contribution in [0.15, 0.2) is 30.6 Å². The topological polar surface area (TPSA) is 85.5 Å².